The summed E-state index contributed by atoms with van der Waals surface area (Å²) in [5, 5.41) is 0.328. The fraction of sp³-hybridized carbons (Fsp3) is 0.174. The number of ether oxygens (including phenoxy) is 1. The highest BCUT2D eigenvalue weighted by molar-refractivity contribution is 7.92. The molecule has 0 aliphatic carbocycles. The van der Waals surface area contributed by atoms with Crippen LogP contribution in [0.15, 0.2) is 83.8 Å². The number of hydrogen-bond acceptors (Lipinski definition) is 4. The predicted octanol–water partition coefficient (Wildman–Crippen LogP) is 4.20. The summed E-state index contributed by atoms with van der Waals surface area (Å²) in [6.45, 7) is -0.0527. The van der Waals surface area contributed by atoms with Crippen LogP contribution < -0.4 is 9.04 Å². The Morgan fingerprint density at radius 3 is 2.19 bits per heavy atom. The monoisotopic (exact) mass is 458 g/mol. The van der Waals surface area contributed by atoms with Gasteiger partial charge in [-0.15, -0.1) is 0 Å². The molecule has 162 valence electrons. The molecule has 0 aliphatic heterocycles. The van der Waals surface area contributed by atoms with Crippen molar-refractivity contribution in [3.63, 3.8) is 0 Å². The smallest absolute Gasteiger partial charge is 0.264 e. The number of hydrogen-bond donors (Lipinski definition) is 0. The lowest BCUT2D eigenvalue weighted by Crippen LogP contribution is -2.41. The van der Waals surface area contributed by atoms with Gasteiger partial charge in [-0.05, 0) is 35.9 Å². The Morgan fingerprint density at radius 2 is 1.58 bits per heavy atom. The SMILES string of the molecule is COc1ccc(Cl)cc1N(CC(=O)N(C)Cc1ccccc1)S(=O)(=O)c1ccccc1. The molecule has 0 spiro atoms. The maximum Gasteiger partial charge on any atom is 0.264 e. The number of methoxy groups -OCH3 is 1. The van der Waals surface area contributed by atoms with Gasteiger partial charge in [-0.1, -0.05) is 60.1 Å². The summed E-state index contributed by atoms with van der Waals surface area (Å²) in [7, 11) is -0.987. The molecule has 3 aromatic rings. The lowest BCUT2D eigenvalue weighted by molar-refractivity contribution is -0.128. The third-order valence-electron chi connectivity index (χ3n) is 4.71. The fourth-order valence-electron chi connectivity index (χ4n) is 3.07. The number of halogens is 1. The van der Waals surface area contributed by atoms with Crippen molar-refractivity contribution in [3.8, 4) is 5.75 Å². The maximum absolute atomic E-state index is 13.5. The number of amides is 1. The van der Waals surface area contributed by atoms with Crippen molar-refractivity contribution in [3.05, 3.63) is 89.4 Å². The van der Waals surface area contributed by atoms with E-state index in [1.54, 1.807) is 37.4 Å². The lowest BCUT2D eigenvalue weighted by atomic mass is 10.2. The minimum Gasteiger partial charge on any atom is -0.495 e. The topological polar surface area (TPSA) is 66.9 Å². The molecule has 0 radical (unpaired) electrons. The van der Waals surface area contributed by atoms with Crippen LogP contribution in [0, 0.1) is 0 Å². The summed E-state index contributed by atoms with van der Waals surface area (Å²) in [4.78, 5) is 14.6. The quantitative estimate of drug-likeness (QED) is 0.507. The molecule has 0 atom stereocenters. The highest BCUT2D eigenvalue weighted by atomic mass is 35.5. The van der Waals surface area contributed by atoms with Gasteiger partial charge in [0.1, 0.15) is 12.3 Å². The van der Waals surface area contributed by atoms with E-state index in [2.05, 4.69) is 0 Å². The van der Waals surface area contributed by atoms with E-state index in [0.717, 1.165) is 9.87 Å². The van der Waals surface area contributed by atoms with E-state index in [-0.39, 0.29) is 16.5 Å². The van der Waals surface area contributed by atoms with Gasteiger partial charge in [-0.2, -0.15) is 0 Å². The van der Waals surface area contributed by atoms with Gasteiger partial charge in [0.15, 0.2) is 0 Å². The Morgan fingerprint density at radius 1 is 0.968 bits per heavy atom. The first kappa shape index (κ1) is 22.7. The lowest BCUT2D eigenvalue weighted by Gasteiger charge is -2.28. The summed E-state index contributed by atoms with van der Waals surface area (Å²) >= 11 is 6.15. The standard InChI is InChI=1S/C23H23ClN2O4S/c1-25(16-18-9-5-3-6-10-18)23(27)17-26(21-15-19(24)13-14-22(21)30-2)31(28,29)20-11-7-4-8-12-20/h3-15H,16-17H2,1-2H3. The van der Waals surface area contributed by atoms with Crippen LogP contribution in [0.25, 0.3) is 0 Å². The van der Waals surface area contributed by atoms with Crippen LogP contribution in [0.3, 0.4) is 0 Å². The number of anilines is 1. The third kappa shape index (κ3) is 5.37. The van der Waals surface area contributed by atoms with Crippen LogP contribution >= 0.6 is 11.6 Å². The van der Waals surface area contributed by atoms with E-state index in [1.165, 1.54) is 30.2 Å². The highest BCUT2D eigenvalue weighted by Gasteiger charge is 2.30. The molecule has 3 rings (SSSR count). The second-order valence-corrected chi connectivity index (χ2v) is 9.18. The summed E-state index contributed by atoms with van der Waals surface area (Å²) in [5.41, 5.74) is 1.14. The average molecular weight is 459 g/mol. The van der Waals surface area contributed by atoms with Crippen molar-refractivity contribution in [2.75, 3.05) is 25.0 Å². The maximum atomic E-state index is 13.5. The predicted molar refractivity (Wildman–Crippen MR) is 122 cm³/mol. The van der Waals surface area contributed by atoms with Gasteiger partial charge in [0, 0.05) is 18.6 Å². The number of likely N-dealkylation sites (N-methyl/N-ethyl adjacent to an activating group) is 1. The third-order valence-corrected chi connectivity index (χ3v) is 6.72. The molecule has 0 aromatic heterocycles. The first-order valence-electron chi connectivity index (χ1n) is 9.52. The van der Waals surface area contributed by atoms with E-state index in [4.69, 9.17) is 16.3 Å². The van der Waals surface area contributed by atoms with Crippen LogP contribution in [0.4, 0.5) is 5.69 Å². The van der Waals surface area contributed by atoms with Gasteiger partial charge in [0.05, 0.1) is 17.7 Å². The molecule has 8 heteroatoms. The zero-order chi connectivity index (χ0) is 22.4. The molecule has 31 heavy (non-hydrogen) atoms. The van der Waals surface area contributed by atoms with Crippen LogP contribution in [-0.4, -0.2) is 39.9 Å². The zero-order valence-corrected chi connectivity index (χ0v) is 18.8. The van der Waals surface area contributed by atoms with Crippen LogP contribution in [0.5, 0.6) is 5.75 Å². The molecule has 0 heterocycles. The van der Waals surface area contributed by atoms with Crippen LogP contribution in [0.1, 0.15) is 5.56 Å². The summed E-state index contributed by atoms with van der Waals surface area (Å²) in [6, 6.07) is 22.1. The first-order chi connectivity index (χ1) is 14.8. The minimum atomic E-state index is -4.06. The molecule has 6 nitrogen and oxygen atoms in total. The van der Waals surface area contributed by atoms with Crippen molar-refractivity contribution in [1.82, 2.24) is 4.90 Å². The first-order valence-corrected chi connectivity index (χ1v) is 11.3. The Kier molecular flexibility index (Phi) is 7.20. The number of carbonyl (C=O) groups excluding carboxylic acids is 1. The van der Waals surface area contributed by atoms with E-state index in [0.29, 0.717) is 17.3 Å². The van der Waals surface area contributed by atoms with Crippen molar-refractivity contribution in [2.45, 2.75) is 11.4 Å². The Labute approximate surface area is 187 Å². The number of sulfonamides is 1. The van der Waals surface area contributed by atoms with E-state index in [1.807, 2.05) is 30.3 Å². The molecule has 0 aliphatic rings. The highest BCUT2D eigenvalue weighted by Crippen LogP contribution is 2.34. The van der Waals surface area contributed by atoms with Crippen molar-refractivity contribution >= 4 is 33.2 Å². The molecule has 0 fully saturated rings. The largest absolute Gasteiger partial charge is 0.495 e. The number of carbonyl (C=O) groups is 1. The van der Waals surface area contributed by atoms with Crippen LogP contribution in [-0.2, 0) is 21.4 Å². The minimum absolute atomic E-state index is 0.0653. The van der Waals surface area contributed by atoms with Gasteiger partial charge < -0.3 is 9.64 Å². The normalized spacial score (nSPS) is 11.1. The van der Waals surface area contributed by atoms with E-state index >= 15 is 0 Å². The van der Waals surface area contributed by atoms with Gasteiger partial charge in [-0.3, -0.25) is 9.10 Å². The Hall–Kier alpha value is -3.03. The van der Waals surface area contributed by atoms with Gasteiger partial charge in [0.25, 0.3) is 10.0 Å². The average Bonchev–Trinajstić information content (AvgIpc) is 2.78. The fourth-order valence-corrected chi connectivity index (χ4v) is 4.67. The molecule has 0 saturated heterocycles. The molecule has 0 bridgehead atoms. The Balaban J connectivity index is 1.99. The van der Waals surface area contributed by atoms with E-state index < -0.39 is 16.6 Å². The van der Waals surface area contributed by atoms with Crippen molar-refractivity contribution in [2.24, 2.45) is 0 Å². The summed E-state index contributed by atoms with van der Waals surface area (Å²) in [5.74, 6) is -0.0761. The van der Waals surface area contributed by atoms with E-state index in [9.17, 15) is 13.2 Å². The second-order valence-electron chi connectivity index (χ2n) is 6.88. The molecule has 1 amide bonds. The van der Waals surface area contributed by atoms with Crippen molar-refractivity contribution in [1.29, 1.82) is 0 Å². The second kappa shape index (κ2) is 9.85. The molecule has 3 aromatic carbocycles. The molecule has 0 N–H and O–H groups in total. The summed E-state index contributed by atoms with van der Waals surface area (Å²) in [6.07, 6.45) is 0. The summed E-state index contributed by atoms with van der Waals surface area (Å²) < 4.78 is 33.4. The number of rotatable bonds is 8. The van der Waals surface area contributed by atoms with Gasteiger partial charge >= 0.3 is 0 Å². The molecule has 0 saturated carbocycles. The molecule has 0 unspecified atom stereocenters. The van der Waals surface area contributed by atoms with Gasteiger partial charge in [0.2, 0.25) is 5.91 Å². The number of benzene rings is 3. The number of nitrogens with zero attached hydrogens (tertiary/aromatic N) is 2. The van der Waals surface area contributed by atoms with Gasteiger partial charge in [-0.25, -0.2) is 8.42 Å². The zero-order valence-electron chi connectivity index (χ0n) is 17.2. The van der Waals surface area contributed by atoms with Crippen molar-refractivity contribution < 1.29 is 17.9 Å². The Bertz CT molecular complexity index is 1140. The van der Waals surface area contributed by atoms with Crippen LogP contribution in [0.2, 0.25) is 5.02 Å². The molecular weight excluding hydrogens is 436 g/mol. The molecular formula is C23H23ClN2O4S.